The van der Waals surface area contributed by atoms with Gasteiger partial charge in [-0.15, -0.1) is 0 Å². The third kappa shape index (κ3) is 55.9. The predicted molar refractivity (Wildman–Crippen MR) is 14.8 cm³/mol. The van der Waals surface area contributed by atoms with E-state index in [2.05, 4.69) is 0 Å². The zero-order valence-electron chi connectivity index (χ0n) is 5.08. The molecule has 0 fully saturated rings. The molecule has 0 aromatic carbocycles. The van der Waals surface area contributed by atoms with E-state index < -0.39 is 7.82 Å². The summed E-state index contributed by atoms with van der Waals surface area (Å²) in [5.74, 6) is 0. The average Bonchev–Trinajstić information content (AvgIpc) is 0.722. The second-order valence-corrected chi connectivity index (χ2v) is 1.34. The van der Waals surface area contributed by atoms with Gasteiger partial charge in [0, 0.05) is 0 Å². The van der Waals surface area contributed by atoms with Gasteiger partial charge in [0.05, 0.1) is 0 Å². The zero-order chi connectivity index (χ0) is 4.50. The first kappa shape index (κ1) is 29.4. The van der Waals surface area contributed by atoms with Gasteiger partial charge in [-0.25, -0.2) is 0 Å². The summed E-state index contributed by atoms with van der Waals surface area (Å²) in [4.78, 5) is 25.6. The van der Waals surface area contributed by atoms with Crippen molar-refractivity contribution in [3.63, 3.8) is 0 Å². The summed E-state index contributed by atoms with van der Waals surface area (Å²) in [5.41, 5.74) is 0. The molecule has 9 heavy (non-hydrogen) atoms. The van der Waals surface area contributed by atoms with Gasteiger partial charge in [-0.05, 0) is 0 Å². The molecular formula is HK3NaO4P. The monoisotopic (exact) mass is 236 g/mol. The number of rotatable bonds is 0. The van der Waals surface area contributed by atoms with E-state index in [1.54, 1.807) is 0 Å². The predicted octanol–water partition coefficient (Wildman–Crippen LogP) is -12.5. The molecule has 0 bridgehead atoms. The van der Waals surface area contributed by atoms with Crippen LogP contribution in [-0.4, -0.2) is 29.6 Å². The molecule has 0 spiro atoms. The van der Waals surface area contributed by atoms with Gasteiger partial charge in [-0.2, -0.15) is 7.82 Å². The average molecular weight is 236 g/mol. The molecule has 0 unspecified atom stereocenters. The van der Waals surface area contributed by atoms with Crippen LogP contribution < -0.4 is 169 Å². The second kappa shape index (κ2) is 16.4. The third-order valence-electron chi connectivity index (χ3n) is 0. The molecule has 0 N–H and O–H groups in total. The van der Waals surface area contributed by atoms with Crippen LogP contribution in [0.2, 0.25) is 0 Å². The molecule has 0 heterocycles. The standard InChI is InChI=1S/3K.Na.H3O4P.H/c;;;;1-5(2,3)4;/h;;;;(H3,1,2,3,4);/q3*+1;;;/p-3. The van der Waals surface area contributed by atoms with Gasteiger partial charge in [-0.3, -0.25) is 0 Å². The Morgan fingerprint density at radius 1 is 0.889 bits per heavy atom. The first-order valence-corrected chi connectivity index (χ1v) is 2.19. The SMILES string of the molecule is O=P([O-])([O-])[O-].[K+].[K+].[K+].[NaH]. The van der Waals surface area contributed by atoms with Crippen LogP contribution >= 0.6 is 7.82 Å². The second-order valence-electron chi connectivity index (χ2n) is 0.447. The van der Waals surface area contributed by atoms with Crippen LogP contribution in [0.3, 0.4) is 0 Å². The van der Waals surface area contributed by atoms with Crippen LogP contribution in [0.25, 0.3) is 0 Å². The quantitative estimate of drug-likeness (QED) is 0.309. The van der Waals surface area contributed by atoms with E-state index in [0.29, 0.717) is 0 Å². The molecule has 0 aliphatic carbocycles. The molecule has 0 amide bonds. The minimum absolute atomic E-state index is 0. The van der Waals surface area contributed by atoms with E-state index in [4.69, 9.17) is 19.2 Å². The number of phosphoric acid groups is 1. The molecule has 9 heteroatoms. The molecule has 0 saturated carbocycles. The van der Waals surface area contributed by atoms with Crippen molar-refractivity contribution in [2.45, 2.75) is 0 Å². The summed E-state index contributed by atoms with van der Waals surface area (Å²) in [7, 11) is -5.39. The van der Waals surface area contributed by atoms with Gasteiger partial charge in [0.2, 0.25) is 0 Å². The Balaban J connectivity index is -0.0000000133. The molecule has 0 atom stereocenters. The number of hydrogen-bond acceptors (Lipinski definition) is 4. The summed E-state index contributed by atoms with van der Waals surface area (Å²) < 4.78 is 8.55. The Kier molecular flexibility index (Phi) is 53.7. The van der Waals surface area contributed by atoms with Crippen LogP contribution in [0.15, 0.2) is 0 Å². The van der Waals surface area contributed by atoms with E-state index in [1.165, 1.54) is 0 Å². The van der Waals surface area contributed by atoms with Gasteiger partial charge >= 0.3 is 184 Å². The van der Waals surface area contributed by atoms with Crippen molar-refractivity contribution >= 4 is 37.4 Å². The summed E-state index contributed by atoms with van der Waals surface area (Å²) >= 11 is 0. The molecular weight excluding hydrogens is 235 g/mol. The normalized spacial score (nSPS) is 6.56. The van der Waals surface area contributed by atoms with Crippen molar-refractivity contribution in [3.05, 3.63) is 0 Å². The van der Waals surface area contributed by atoms with E-state index >= 15 is 0 Å². The van der Waals surface area contributed by atoms with Crippen LogP contribution in [0.5, 0.6) is 0 Å². The Bertz CT molecular complexity index is 61.9. The minimum atomic E-state index is -5.39. The van der Waals surface area contributed by atoms with Crippen LogP contribution in [0.1, 0.15) is 0 Å². The molecule has 0 aliphatic rings. The topological polar surface area (TPSA) is 86.2 Å². The maximum absolute atomic E-state index is 8.55. The molecule has 4 nitrogen and oxygen atoms in total. The fourth-order valence-corrected chi connectivity index (χ4v) is 0. The van der Waals surface area contributed by atoms with Crippen molar-refractivity contribution in [3.8, 4) is 0 Å². The summed E-state index contributed by atoms with van der Waals surface area (Å²) in [6.07, 6.45) is 0. The van der Waals surface area contributed by atoms with Gasteiger partial charge in [0.15, 0.2) is 0 Å². The van der Waals surface area contributed by atoms with Crippen LogP contribution in [-0.2, 0) is 4.57 Å². The Morgan fingerprint density at radius 3 is 0.889 bits per heavy atom. The van der Waals surface area contributed by atoms with Crippen LogP contribution in [0.4, 0.5) is 0 Å². The van der Waals surface area contributed by atoms with E-state index in [0.717, 1.165) is 0 Å². The van der Waals surface area contributed by atoms with Crippen molar-refractivity contribution in [2.75, 3.05) is 0 Å². The zero-order valence-corrected chi connectivity index (χ0v) is 15.3. The molecule has 0 radical (unpaired) electrons. The fraction of sp³-hybridized carbons (Fsp3) is 0. The fourth-order valence-electron chi connectivity index (χ4n) is 0. The van der Waals surface area contributed by atoms with E-state index in [9.17, 15) is 0 Å². The van der Waals surface area contributed by atoms with Crippen molar-refractivity contribution in [2.24, 2.45) is 0 Å². The number of hydrogen-bond donors (Lipinski definition) is 0. The van der Waals surface area contributed by atoms with Gasteiger partial charge in [0.1, 0.15) is 0 Å². The van der Waals surface area contributed by atoms with Crippen molar-refractivity contribution < 1.29 is 173 Å². The maximum atomic E-state index is 8.55. The molecule has 0 aromatic heterocycles. The third-order valence-corrected chi connectivity index (χ3v) is 0. The molecule has 0 aliphatic heterocycles. The van der Waals surface area contributed by atoms with Gasteiger partial charge in [-0.1, -0.05) is 0 Å². The Morgan fingerprint density at radius 2 is 0.889 bits per heavy atom. The Labute approximate surface area is 203 Å². The van der Waals surface area contributed by atoms with Gasteiger partial charge in [0.25, 0.3) is 0 Å². The Hall–Kier alpha value is 6.02. The van der Waals surface area contributed by atoms with Crippen LogP contribution in [0, 0.1) is 0 Å². The first-order chi connectivity index (χ1) is 2.00. The van der Waals surface area contributed by atoms with Crippen molar-refractivity contribution in [1.82, 2.24) is 0 Å². The molecule has 0 aromatic rings. The molecule has 0 saturated heterocycles. The molecule has 0 rings (SSSR count). The van der Waals surface area contributed by atoms with Gasteiger partial charge < -0.3 is 19.2 Å². The summed E-state index contributed by atoms with van der Waals surface area (Å²) in [5, 5.41) is 0. The summed E-state index contributed by atoms with van der Waals surface area (Å²) in [6.45, 7) is 0. The summed E-state index contributed by atoms with van der Waals surface area (Å²) in [6, 6.07) is 0. The van der Waals surface area contributed by atoms with E-state index in [-0.39, 0.29) is 184 Å². The van der Waals surface area contributed by atoms with Crippen molar-refractivity contribution in [1.29, 1.82) is 0 Å². The van der Waals surface area contributed by atoms with E-state index in [1.807, 2.05) is 0 Å². The molecule has 34 valence electrons. The first-order valence-electron chi connectivity index (χ1n) is 0.730.